The smallest absolute Gasteiger partial charge is 0.0904 e. The number of pyridine rings is 1. The highest BCUT2D eigenvalue weighted by Crippen LogP contribution is 2.32. The maximum Gasteiger partial charge on any atom is 0.0904 e. The molecule has 0 fully saturated rings. The van der Waals surface area contributed by atoms with Crippen molar-refractivity contribution in [3.05, 3.63) is 38.4 Å². The van der Waals surface area contributed by atoms with Crippen molar-refractivity contribution in [3.8, 4) is 0 Å². The molecule has 1 aromatic heterocycles. The molecule has 4 heteroatoms. The number of aromatic nitrogens is 1. The van der Waals surface area contributed by atoms with Gasteiger partial charge in [0.2, 0.25) is 0 Å². The second-order valence-corrected chi connectivity index (χ2v) is 4.74. The Morgan fingerprint density at radius 2 is 2.00 bits per heavy atom. The number of halogens is 3. The molecule has 2 rings (SSSR count). The van der Waals surface area contributed by atoms with Crippen LogP contribution >= 0.6 is 39.1 Å². The molecule has 0 amide bonds. The Hall–Kier alpha value is -0.310. The lowest BCUT2D eigenvalue weighted by molar-refractivity contribution is 1.33. The third kappa shape index (κ3) is 1.62. The zero-order chi connectivity index (χ0) is 10.3. The van der Waals surface area contributed by atoms with Crippen LogP contribution in [0.4, 0.5) is 0 Å². The summed E-state index contributed by atoms with van der Waals surface area (Å²) in [5.41, 5.74) is 1.69. The molecule has 0 bridgehead atoms. The van der Waals surface area contributed by atoms with Crippen LogP contribution in [0, 0.1) is 6.92 Å². The van der Waals surface area contributed by atoms with Crippen LogP contribution in [0.5, 0.6) is 0 Å². The van der Waals surface area contributed by atoms with Gasteiger partial charge in [-0.05, 0) is 24.6 Å². The van der Waals surface area contributed by atoms with E-state index in [1.165, 1.54) is 0 Å². The Morgan fingerprint density at radius 1 is 1.29 bits per heavy atom. The van der Waals surface area contributed by atoms with Gasteiger partial charge in [-0.25, -0.2) is 0 Å². The molecule has 1 aromatic carbocycles. The second kappa shape index (κ2) is 3.69. The van der Waals surface area contributed by atoms with Gasteiger partial charge in [0.25, 0.3) is 0 Å². The third-order valence-corrected chi connectivity index (χ3v) is 3.25. The Morgan fingerprint density at radius 3 is 2.71 bits per heavy atom. The minimum Gasteiger partial charge on any atom is -0.254 e. The lowest BCUT2D eigenvalue weighted by atomic mass is 10.2. The van der Waals surface area contributed by atoms with Crippen molar-refractivity contribution in [1.82, 2.24) is 4.98 Å². The highest BCUT2D eigenvalue weighted by molar-refractivity contribution is 9.10. The maximum absolute atomic E-state index is 6.15. The largest absolute Gasteiger partial charge is 0.254 e. The van der Waals surface area contributed by atoms with E-state index >= 15 is 0 Å². The van der Waals surface area contributed by atoms with E-state index in [1.54, 1.807) is 6.20 Å². The van der Waals surface area contributed by atoms with E-state index in [4.69, 9.17) is 23.2 Å². The molecule has 72 valence electrons. The van der Waals surface area contributed by atoms with Crippen LogP contribution in [0.3, 0.4) is 0 Å². The van der Waals surface area contributed by atoms with E-state index in [0.717, 1.165) is 20.9 Å². The summed E-state index contributed by atoms with van der Waals surface area (Å²) in [6.45, 7) is 1.92. The Bertz CT molecular complexity index is 511. The molecule has 2 aromatic rings. The molecule has 0 unspecified atom stereocenters. The highest BCUT2D eigenvalue weighted by atomic mass is 79.9. The zero-order valence-electron chi connectivity index (χ0n) is 7.31. The summed E-state index contributed by atoms with van der Waals surface area (Å²) in [6.07, 6.45) is 1.73. The van der Waals surface area contributed by atoms with Crippen LogP contribution in [-0.2, 0) is 0 Å². The molecule has 0 aliphatic carbocycles. The van der Waals surface area contributed by atoms with Crippen LogP contribution < -0.4 is 0 Å². The third-order valence-electron chi connectivity index (χ3n) is 2.00. The van der Waals surface area contributed by atoms with E-state index < -0.39 is 0 Å². The number of rotatable bonds is 0. The first kappa shape index (κ1) is 10.2. The summed E-state index contributed by atoms with van der Waals surface area (Å²) in [4.78, 5) is 4.24. The Labute approximate surface area is 100 Å². The van der Waals surface area contributed by atoms with Gasteiger partial charge in [-0.15, -0.1) is 0 Å². The second-order valence-electron chi connectivity index (χ2n) is 3.04. The van der Waals surface area contributed by atoms with Gasteiger partial charge in [0, 0.05) is 16.1 Å². The van der Waals surface area contributed by atoms with Crippen molar-refractivity contribution >= 4 is 50.0 Å². The number of nitrogens with zero attached hydrogens (tertiary/aromatic N) is 1. The Kier molecular flexibility index (Phi) is 2.69. The fraction of sp³-hybridized carbons (Fsp3) is 0.100. The maximum atomic E-state index is 6.15. The van der Waals surface area contributed by atoms with E-state index in [0.29, 0.717) is 10.0 Å². The summed E-state index contributed by atoms with van der Waals surface area (Å²) >= 11 is 15.6. The fourth-order valence-corrected chi connectivity index (χ4v) is 2.35. The summed E-state index contributed by atoms with van der Waals surface area (Å²) in [5, 5.41) is 2.19. The van der Waals surface area contributed by atoms with Crippen LogP contribution in [-0.4, -0.2) is 4.98 Å². The van der Waals surface area contributed by atoms with Gasteiger partial charge in [-0.3, -0.25) is 4.98 Å². The van der Waals surface area contributed by atoms with Crippen molar-refractivity contribution < 1.29 is 0 Å². The quantitative estimate of drug-likeness (QED) is 0.690. The van der Waals surface area contributed by atoms with Crippen LogP contribution in [0.15, 0.2) is 22.8 Å². The SMILES string of the molecule is Cc1cnc2c(Cl)cc(Br)cc2c1Cl. The molecule has 1 heterocycles. The van der Waals surface area contributed by atoms with Crippen molar-refractivity contribution in [2.75, 3.05) is 0 Å². The van der Waals surface area contributed by atoms with Gasteiger partial charge in [0.1, 0.15) is 0 Å². The predicted octanol–water partition coefficient (Wildman–Crippen LogP) is 4.61. The number of aryl methyl sites for hydroxylation is 1. The summed E-state index contributed by atoms with van der Waals surface area (Å²) < 4.78 is 0.907. The summed E-state index contributed by atoms with van der Waals surface area (Å²) in [6, 6.07) is 3.73. The first-order valence-corrected chi connectivity index (χ1v) is 5.54. The number of benzene rings is 1. The lowest BCUT2D eigenvalue weighted by Gasteiger charge is -2.05. The van der Waals surface area contributed by atoms with Crippen molar-refractivity contribution in [2.45, 2.75) is 6.92 Å². The average molecular weight is 291 g/mol. The number of hydrogen-bond donors (Lipinski definition) is 0. The van der Waals surface area contributed by atoms with Crippen molar-refractivity contribution in [3.63, 3.8) is 0 Å². The standard InChI is InChI=1S/C10H6BrCl2N/c1-5-4-14-10-7(9(5)13)2-6(11)3-8(10)12/h2-4H,1H3. The van der Waals surface area contributed by atoms with Gasteiger partial charge < -0.3 is 0 Å². The van der Waals surface area contributed by atoms with Gasteiger partial charge in [0.15, 0.2) is 0 Å². The van der Waals surface area contributed by atoms with E-state index in [-0.39, 0.29) is 0 Å². The first-order chi connectivity index (χ1) is 6.59. The number of fused-ring (bicyclic) bond motifs is 1. The first-order valence-electron chi connectivity index (χ1n) is 3.99. The van der Waals surface area contributed by atoms with Gasteiger partial charge in [0.05, 0.1) is 15.6 Å². The molecule has 0 saturated carbocycles. The van der Waals surface area contributed by atoms with Gasteiger partial charge >= 0.3 is 0 Å². The molecule has 0 saturated heterocycles. The van der Waals surface area contributed by atoms with E-state index in [1.807, 2.05) is 19.1 Å². The lowest BCUT2D eigenvalue weighted by Crippen LogP contribution is -1.85. The van der Waals surface area contributed by atoms with Crippen molar-refractivity contribution in [2.24, 2.45) is 0 Å². The molecular formula is C10H6BrCl2N. The van der Waals surface area contributed by atoms with E-state index in [2.05, 4.69) is 20.9 Å². The number of hydrogen-bond acceptors (Lipinski definition) is 1. The molecule has 0 spiro atoms. The monoisotopic (exact) mass is 289 g/mol. The molecule has 1 nitrogen and oxygen atoms in total. The van der Waals surface area contributed by atoms with Gasteiger partial charge in [-0.2, -0.15) is 0 Å². The summed E-state index contributed by atoms with van der Waals surface area (Å²) in [7, 11) is 0. The summed E-state index contributed by atoms with van der Waals surface area (Å²) in [5.74, 6) is 0. The fourth-order valence-electron chi connectivity index (χ4n) is 1.29. The van der Waals surface area contributed by atoms with E-state index in [9.17, 15) is 0 Å². The molecule has 14 heavy (non-hydrogen) atoms. The van der Waals surface area contributed by atoms with Crippen LogP contribution in [0.1, 0.15) is 5.56 Å². The molecule has 0 radical (unpaired) electrons. The van der Waals surface area contributed by atoms with Gasteiger partial charge in [-0.1, -0.05) is 39.1 Å². The van der Waals surface area contributed by atoms with Crippen LogP contribution in [0.2, 0.25) is 10.0 Å². The molecule has 0 aliphatic heterocycles. The predicted molar refractivity (Wildman–Crippen MR) is 64.2 cm³/mol. The molecule has 0 aliphatic rings. The minimum atomic E-state index is 0.608. The molecular weight excluding hydrogens is 285 g/mol. The molecule has 0 atom stereocenters. The highest BCUT2D eigenvalue weighted by Gasteiger charge is 2.07. The Balaban J connectivity index is 2.95. The zero-order valence-corrected chi connectivity index (χ0v) is 10.4. The van der Waals surface area contributed by atoms with Crippen LogP contribution in [0.25, 0.3) is 10.9 Å². The minimum absolute atomic E-state index is 0.608. The average Bonchev–Trinajstić information content (AvgIpc) is 2.12. The normalized spacial score (nSPS) is 10.9. The topological polar surface area (TPSA) is 12.9 Å². The molecule has 0 N–H and O–H groups in total. The van der Waals surface area contributed by atoms with Crippen molar-refractivity contribution in [1.29, 1.82) is 0 Å².